The molecule has 2 aromatic carbocycles. The maximum Gasteiger partial charge on any atom is 0.264 e. The third-order valence-corrected chi connectivity index (χ3v) is 6.98. The van der Waals surface area contributed by atoms with E-state index in [-0.39, 0.29) is 17.4 Å². The van der Waals surface area contributed by atoms with Gasteiger partial charge < -0.3 is 9.64 Å². The van der Waals surface area contributed by atoms with Gasteiger partial charge in [0.2, 0.25) is 10.0 Å². The van der Waals surface area contributed by atoms with Crippen molar-refractivity contribution < 1.29 is 17.9 Å². The second-order valence-corrected chi connectivity index (χ2v) is 9.49. The molecule has 1 aliphatic heterocycles. The van der Waals surface area contributed by atoms with Crippen LogP contribution in [0, 0.1) is 6.92 Å². The van der Waals surface area contributed by atoms with Crippen molar-refractivity contribution in [2.45, 2.75) is 24.7 Å². The second kappa shape index (κ2) is 8.11. The number of carbonyl (C=O) groups is 1. The highest BCUT2D eigenvalue weighted by atomic mass is 35.5. The van der Waals surface area contributed by atoms with Crippen LogP contribution in [0.3, 0.4) is 0 Å². The largest absolute Gasteiger partial charge is 0.484 e. The average Bonchev–Trinajstić information content (AvgIpc) is 2.67. The summed E-state index contributed by atoms with van der Waals surface area (Å²) in [6.07, 6.45) is 1.50. The van der Waals surface area contributed by atoms with Crippen molar-refractivity contribution in [1.82, 2.24) is 4.31 Å². The Hall–Kier alpha value is -2.09. The monoisotopic (exact) mass is 422 g/mol. The number of hydrogen-bond donors (Lipinski definition) is 0. The van der Waals surface area contributed by atoms with E-state index in [0.717, 1.165) is 29.7 Å². The molecule has 2 aromatic rings. The summed E-state index contributed by atoms with van der Waals surface area (Å²) < 4.78 is 31.5. The van der Waals surface area contributed by atoms with Crippen LogP contribution in [0.2, 0.25) is 5.02 Å². The first-order chi connectivity index (χ1) is 13.2. The smallest absolute Gasteiger partial charge is 0.264 e. The number of carbonyl (C=O) groups excluding carboxylic acids is 1. The number of rotatable bonds is 5. The normalized spacial score (nSPS) is 14.1. The molecule has 0 saturated heterocycles. The zero-order chi connectivity index (χ0) is 20.5. The van der Waals surface area contributed by atoms with Gasteiger partial charge in [-0.25, -0.2) is 12.7 Å². The molecule has 1 aliphatic rings. The molecule has 150 valence electrons. The quantitative estimate of drug-likeness (QED) is 0.741. The van der Waals surface area contributed by atoms with Gasteiger partial charge in [0.25, 0.3) is 5.91 Å². The van der Waals surface area contributed by atoms with Gasteiger partial charge in [0.15, 0.2) is 6.61 Å². The Morgan fingerprint density at radius 3 is 2.64 bits per heavy atom. The first-order valence-electron chi connectivity index (χ1n) is 8.95. The van der Waals surface area contributed by atoms with Crippen LogP contribution in [0.15, 0.2) is 41.3 Å². The number of hydrogen-bond acceptors (Lipinski definition) is 4. The topological polar surface area (TPSA) is 66.9 Å². The fraction of sp³-hybridized carbons (Fsp3) is 0.350. The average molecular weight is 423 g/mol. The minimum absolute atomic E-state index is 0.0989. The zero-order valence-corrected chi connectivity index (χ0v) is 17.7. The number of nitrogens with zero attached hydrogens (tertiary/aromatic N) is 2. The molecule has 0 aromatic heterocycles. The summed E-state index contributed by atoms with van der Waals surface area (Å²) in [6, 6.07) is 10.2. The van der Waals surface area contributed by atoms with Crippen molar-refractivity contribution in [2.75, 3.05) is 32.1 Å². The Morgan fingerprint density at radius 2 is 1.96 bits per heavy atom. The van der Waals surface area contributed by atoms with Crippen molar-refractivity contribution in [3.8, 4) is 5.75 Å². The Morgan fingerprint density at radius 1 is 1.21 bits per heavy atom. The number of fused-ring (bicyclic) bond motifs is 1. The van der Waals surface area contributed by atoms with Crippen molar-refractivity contribution in [3.63, 3.8) is 0 Å². The first kappa shape index (κ1) is 20.6. The molecule has 0 saturated carbocycles. The van der Waals surface area contributed by atoms with Crippen molar-refractivity contribution in [3.05, 3.63) is 52.5 Å². The lowest BCUT2D eigenvalue weighted by Gasteiger charge is -2.30. The molecule has 0 bridgehead atoms. The highest BCUT2D eigenvalue weighted by molar-refractivity contribution is 7.89. The summed E-state index contributed by atoms with van der Waals surface area (Å²) >= 11 is 6.01. The lowest BCUT2D eigenvalue weighted by molar-refractivity contribution is -0.120. The Labute approximate surface area is 170 Å². The van der Waals surface area contributed by atoms with Gasteiger partial charge in [0.1, 0.15) is 5.75 Å². The van der Waals surface area contributed by atoms with E-state index in [1.165, 1.54) is 18.4 Å². The fourth-order valence-corrected chi connectivity index (χ4v) is 4.20. The lowest BCUT2D eigenvalue weighted by Crippen LogP contribution is -2.38. The van der Waals surface area contributed by atoms with Gasteiger partial charge in [-0.05, 0) is 67.3 Å². The van der Waals surface area contributed by atoms with Gasteiger partial charge in [0.05, 0.1) is 4.90 Å². The highest BCUT2D eigenvalue weighted by Gasteiger charge is 2.26. The maximum absolute atomic E-state index is 12.7. The van der Waals surface area contributed by atoms with E-state index in [9.17, 15) is 13.2 Å². The van der Waals surface area contributed by atoms with Crippen LogP contribution >= 0.6 is 11.6 Å². The number of sulfonamides is 1. The summed E-state index contributed by atoms with van der Waals surface area (Å²) in [7, 11) is -0.507. The molecule has 0 radical (unpaired) electrons. The number of benzene rings is 2. The van der Waals surface area contributed by atoms with E-state index < -0.39 is 10.0 Å². The molecule has 0 fully saturated rings. The van der Waals surface area contributed by atoms with Gasteiger partial charge in [-0.2, -0.15) is 0 Å². The third-order valence-electron chi connectivity index (χ3n) is 4.74. The van der Waals surface area contributed by atoms with Gasteiger partial charge in [-0.1, -0.05) is 11.6 Å². The molecule has 0 N–H and O–H groups in total. The predicted octanol–water partition coefficient (Wildman–Crippen LogP) is 3.26. The lowest BCUT2D eigenvalue weighted by atomic mass is 10.0. The van der Waals surface area contributed by atoms with Crippen LogP contribution < -0.4 is 9.64 Å². The maximum atomic E-state index is 12.7. The van der Waals surface area contributed by atoms with E-state index in [1.807, 2.05) is 6.92 Å². The number of aryl methyl sites for hydroxylation is 2. The summed E-state index contributed by atoms with van der Waals surface area (Å²) in [4.78, 5) is 14.6. The number of halogens is 1. The van der Waals surface area contributed by atoms with E-state index in [1.54, 1.807) is 41.3 Å². The van der Waals surface area contributed by atoms with Gasteiger partial charge in [0, 0.05) is 31.4 Å². The number of ether oxygens (including phenoxy) is 1. The molecule has 28 heavy (non-hydrogen) atoms. The molecule has 8 heteroatoms. The minimum Gasteiger partial charge on any atom is -0.484 e. The molecule has 1 amide bonds. The predicted molar refractivity (Wildman–Crippen MR) is 110 cm³/mol. The van der Waals surface area contributed by atoms with Crippen LogP contribution in [-0.4, -0.2) is 45.9 Å². The molecule has 3 rings (SSSR count). The number of amides is 1. The summed E-state index contributed by atoms with van der Waals surface area (Å²) in [5, 5.41) is 0.645. The molecule has 0 spiro atoms. The van der Waals surface area contributed by atoms with E-state index >= 15 is 0 Å². The summed E-state index contributed by atoms with van der Waals surface area (Å²) in [5.41, 5.74) is 2.47. The molecule has 0 aliphatic carbocycles. The highest BCUT2D eigenvalue weighted by Crippen LogP contribution is 2.30. The first-order valence-corrected chi connectivity index (χ1v) is 10.8. The standard InChI is InChI=1S/C20H23ClN2O4S/c1-14-11-16(6-8-18(14)21)27-13-20(24)23-10-4-5-15-12-17(7-9-19(15)23)28(25,26)22(2)3/h6-9,11-12H,4-5,10,13H2,1-3H3. The molecule has 1 heterocycles. The Bertz CT molecular complexity index is 1010. The molecular formula is C20H23ClN2O4S. The summed E-state index contributed by atoms with van der Waals surface area (Å²) in [5.74, 6) is 0.414. The van der Waals surface area contributed by atoms with Crippen LogP contribution in [0.1, 0.15) is 17.5 Å². The second-order valence-electron chi connectivity index (χ2n) is 6.93. The van der Waals surface area contributed by atoms with E-state index in [4.69, 9.17) is 16.3 Å². The van der Waals surface area contributed by atoms with Crippen molar-refractivity contribution in [1.29, 1.82) is 0 Å². The Kier molecular flexibility index (Phi) is 5.98. The van der Waals surface area contributed by atoms with Gasteiger partial charge in [-0.15, -0.1) is 0 Å². The van der Waals surface area contributed by atoms with E-state index in [2.05, 4.69) is 0 Å². The van der Waals surface area contributed by atoms with Crippen LogP contribution in [0.4, 0.5) is 5.69 Å². The SMILES string of the molecule is Cc1cc(OCC(=O)N2CCCc3cc(S(=O)(=O)N(C)C)ccc32)ccc1Cl. The van der Waals surface area contributed by atoms with Gasteiger partial charge in [-0.3, -0.25) is 4.79 Å². The van der Waals surface area contributed by atoms with Gasteiger partial charge >= 0.3 is 0 Å². The number of anilines is 1. The molecular weight excluding hydrogens is 400 g/mol. The van der Waals surface area contributed by atoms with Crippen LogP contribution in [0.5, 0.6) is 5.75 Å². The summed E-state index contributed by atoms with van der Waals surface area (Å²) in [6.45, 7) is 2.35. The Balaban J connectivity index is 1.77. The van der Waals surface area contributed by atoms with Crippen LogP contribution in [-0.2, 0) is 21.2 Å². The molecule has 0 atom stereocenters. The van der Waals surface area contributed by atoms with Crippen LogP contribution in [0.25, 0.3) is 0 Å². The zero-order valence-electron chi connectivity index (χ0n) is 16.1. The van der Waals surface area contributed by atoms with E-state index in [0.29, 0.717) is 17.3 Å². The fourth-order valence-electron chi connectivity index (χ4n) is 3.13. The molecule has 6 nitrogen and oxygen atoms in total. The van der Waals surface area contributed by atoms with Crippen molar-refractivity contribution >= 4 is 33.2 Å². The molecule has 0 unspecified atom stereocenters. The van der Waals surface area contributed by atoms with Crippen molar-refractivity contribution in [2.24, 2.45) is 0 Å². The minimum atomic E-state index is -3.51. The third kappa shape index (κ3) is 4.16.